The summed E-state index contributed by atoms with van der Waals surface area (Å²) < 4.78 is 15.6. The fourth-order valence-corrected chi connectivity index (χ4v) is 3.48. The molecule has 1 aromatic heterocycles. The Morgan fingerprint density at radius 1 is 1.43 bits per heavy atom. The van der Waals surface area contributed by atoms with Crippen molar-refractivity contribution in [2.75, 3.05) is 20.1 Å². The van der Waals surface area contributed by atoms with Crippen LogP contribution in [0.3, 0.4) is 0 Å². The number of hydrogen-bond donors (Lipinski definition) is 1. The van der Waals surface area contributed by atoms with Crippen molar-refractivity contribution in [1.29, 1.82) is 0 Å². The van der Waals surface area contributed by atoms with Gasteiger partial charge in [0.25, 0.3) is 0 Å². The Labute approximate surface area is 169 Å². The van der Waals surface area contributed by atoms with Crippen molar-refractivity contribution in [3.63, 3.8) is 0 Å². The monoisotopic (exact) mass is 408 g/mol. The van der Waals surface area contributed by atoms with Gasteiger partial charge in [-0.25, -0.2) is 9.18 Å². The van der Waals surface area contributed by atoms with Crippen LogP contribution in [0.15, 0.2) is 24.5 Å². The van der Waals surface area contributed by atoms with E-state index in [1.165, 1.54) is 6.07 Å². The van der Waals surface area contributed by atoms with E-state index in [-0.39, 0.29) is 23.6 Å². The molecule has 0 saturated carbocycles. The van der Waals surface area contributed by atoms with Crippen molar-refractivity contribution in [3.8, 4) is 0 Å². The zero-order valence-electron chi connectivity index (χ0n) is 16.2. The maximum absolute atomic E-state index is 13.5. The number of amides is 2. The van der Waals surface area contributed by atoms with Gasteiger partial charge in [0.2, 0.25) is 0 Å². The summed E-state index contributed by atoms with van der Waals surface area (Å²) in [6, 6.07) is 4.48. The van der Waals surface area contributed by atoms with Crippen LogP contribution in [0.5, 0.6) is 0 Å². The highest BCUT2D eigenvalue weighted by Crippen LogP contribution is 2.19. The van der Waals surface area contributed by atoms with Crippen molar-refractivity contribution < 1.29 is 9.18 Å². The maximum Gasteiger partial charge on any atom is 0.317 e. The summed E-state index contributed by atoms with van der Waals surface area (Å²) in [5.74, 6) is 0.526. The van der Waals surface area contributed by atoms with Crippen LogP contribution in [0.25, 0.3) is 0 Å². The van der Waals surface area contributed by atoms with Gasteiger partial charge in [0, 0.05) is 32.7 Å². The van der Waals surface area contributed by atoms with E-state index in [1.807, 2.05) is 6.92 Å². The summed E-state index contributed by atoms with van der Waals surface area (Å²) >= 11 is 5.93. The second-order valence-electron chi connectivity index (χ2n) is 7.19. The van der Waals surface area contributed by atoms with Gasteiger partial charge < -0.3 is 14.8 Å². The Kier molecular flexibility index (Phi) is 6.85. The number of nitrogens with one attached hydrogen (secondary N) is 1. The highest BCUT2D eigenvalue weighted by atomic mass is 35.5. The van der Waals surface area contributed by atoms with Crippen molar-refractivity contribution in [3.05, 3.63) is 46.8 Å². The lowest BCUT2D eigenvalue weighted by Gasteiger charge is -2.29. The second kappa shape index (κ2) is 9.34. The van der Waals surface area contributed by atoms with Gasteiger partial charge in [-0.2, -0.15) is 0 Å². The molecule has 2 amide bonds. The zero-order chi connectivity index (χ0) is 20.1. The third kappa shape index (κ3) is 4.99. The van der Waals surface area contributed by atoms with Crippen LogP contribution < -0.4 is 5.32 Å². The zero-order valence-corrected chi connectivity index (χ0v) is 17.0. The number of hydrogen-bond acceptors (Lipinski definition) is 4. The lowest BCUT2D eigenvalue weighted by atomic mass is 10.1. The number of rotatable bonds is 7. The Balaban J connectivity index is 1.39. The minimum absolute atomic E-state index is 0.0517. The summed E-state index contributed by atoms with van der Waals surface area (Å²) in [6.07, 6.45) is 3.66. The smallest absolute Gasteiger partial charge is 0.317 e. The number of carbonyl (C=O) groups is 1. The molecule has 0 spiro atoms. The van der Waals surface area contributed by atoms with E-state index in [9.17, 15) is 9.18 Å². The van der Waals surface area contributed by atoms with Crippen molar-refractivity contribution in [1.82, 2.24) is 29.9 Å². The van der Waals surface area contributed by atoms with Gasteiger partial charge in [0.15, 0.2) is 0 Å². The molecule has 1 aliphatic heterocycles. The fraction of sp³-hybridized carbons (Fsp3) is 0.526. The number of urea groups is 1. The predicted octanol–water partition coefficient (Wildman–Crippen LogP) is 2.90. The van der Waals surface area contributed by atoms with Crippen LogP contribution in [0.1, 0.15) is 31.2 Å². The van der Waals surface area contributed by atoms with E-state index >= 15 is 0 Å². The Morgan fingerprint density at radius 2 is 2.25 bits per heavy atom. The van der Waals surface area contributed by atoms with Crippen LogP contribution in [-0.4, -0.2) is 56.8 Å². The van der Waals surface area contributed by atoms with Crippen molar-refractivity contribution >= 4 is 17.6 Å². The quantitative estimate of drug-likeness (QED) is 0.765. The minimum Gasteiger partial charge on any atom is -0.334 e. The maximum atomic E-state index is 13.5. The van der Waals surface area contributed by atoms with Gasteiger partial charge >= 0.3 is 6.03 Å². The van der Waals surface area contributed by atoms with Crippen LogP contribution in [-0.2, 0) is 19.6 Å². The molecule has 3 rings (SSSR count). The average molecular weight is 409 g/mol. The molecule has 1 N–H and O–H groups in total. The summed E-state index contributed by atoms with van der Waals surface area (Å²) in [6.45, 7) is 5.92. The molecule has 1 aliphatic rings. The van der Waals surface area contributed by atoms with Crippen LogP contribution in [0.4, 0.5) is 9.18 Å². The molecular formula is C19H26ClFN6O. The van der Waals surface area contributed by atoms with E-state index in [4.69, 9.17) is 11.6 Å². The van der Waals surface area contributed by atoms with E-state index in [1.54, 1.807) is 30.4 Å². The van der Waals surface area contributed by atoms with E-state index in [0.717, 1.165) is 44.8 Å². The molecular weight excluding hydrogens is 383 g/mol. The highest BCUT2D eigenvalue weighted by Gasteiger charge is 2.19. The van der Waals surface area contributed by atoms with E-state index in [2.05, 4.69) is 25.0 Å². The van der Waals surface area contributed by atoms with E-state index in [0.29, 0.717) is 5.56 Å². The van der Waals surface area contributed by atoms with Crippen LogP contribution >= 0.6 is 11.6 Å². The number of benzene rings is 1. The first-order valence-electron chi connectivity index (χ1n) is 9.48. The lowest BCUT2D eigenvalue weighted by Crippen LogP contribution is -2.42. The molecule has 1 atom stereocenters. The second-order valence-corrected chi connectivity index (χ2v) is 7.57. The number of nitrogens with zero attached hydrogens (tertiary/aromatic N) is 5. The molecule has 0 aliphatic carbocycles. The first-order valence-corrected chi connectivity index (χ1v) is 9.86. The predicted molar refractivity (Wildman–Crippen MR) is 105 cm³/mol. The number of aromatic nitrogens is 3. The minimum atomic E-state index is -0.480. The van der Waals surface area contributed by atoms with Gasteiger partial charge in [-0.05, 0) is 37.9 Å². The summed E-state index contributed by atoms with van der Waals surface area (Å²) in [5, 5.41) is 10.9. The molecule has 2 aromatic rings. The fourth-order valence-electron chi connectivity index (χ4n) is 3.29. The first-order chi connectivity index (χ1) is 13.5. The molecule has 0 saturated heterocycles. The first kappa shape index (κ1) is 20.5. The molecule has 9 heteroatoms. The van der Waals surface area contributed by atoms with Gasteiger partial charge in [-0.3, -0.25) is 4.90 Å². The van der Waals surface area contributed by atoms with Gasteiger partial charge in [0.1, 0.15) is 18.0 Å². The average Bonchev–Trinajstić information content (AvgIpc) is 3.16. The third-order valence-corrected chi connectivity index (χ3v) is 5.68. The summed E-state index contributed by atoms with van der Waals surface area (Å²) in [5.41, 5.74) is 0.564. The highest BCUT2D eigenvalue weighted by molar-refractivity contribution is 6.31. The Morgan fingerprint density at radius 3 is 3.07 bits per heavy atom. The lowest BCUT2D eigenvalue weighted by molar-refractivity contribution is 0.181. The largest absolute Gasteiger partial charge is 0.334 e. The van der Waals surface area contributed by atoms with Crippen LogP contribution in [0.2, 0.25) is 5.02 Å². The molecule has 1 aromatic carbocycles. The SMILES string of the molecule is CC(CCCN1CCn2cnnc2C1)N(C)C(=O)NCc1cccc(F)c1Cl. The topological polar surface area (TPSA) is 66.3 Å². The summed E-state index contributed by atoms with van der Waals surface area (Å²) in [7, 11) is 1.77. The number of halogens is 2. The van der Waals surface area contributed by atoms with Gasteiger partial charge in [-0.15, -0.1) is 10.2 Å². The standard InChI is InChI=1S/C19H26ClFN6O/c1-14(5-4-8-26-9-10-27-13-23-24-17(27)12-26)25(2)19(28)22-11-15-6-3-7-16(21)18(15)20/h3,6-7,13-14H,4-5,8-12H2,1-2H3,(H,22,28). The Hall–Kier alpha value is -2.19. The number of carbonyl (C=O) groups excluding carboxylic acids is 1. The molecule has 152 valence electrons. The normalized spacial score (nSPS) is 15.1. The summed E-state index contributed by atoms with van der Waals surface area (Å²) in [4.78, 5) is 16.4. The van der Waals surface area contributed by atoms with Crippen molar-refractivity contribution in [2.24, 2.45) is 0 Å². The van der Waals surface area contributed by atoms with Gasteiger partial charge in [-0.1, -0.05) is 23.7 Å². The molecule has 1 unspecified atom stereocenters. The molecule has 7 nitrogen and oxygen atoms in total. The number of fused-ring (bicyclic) bond motifs is 1. The Bertz CT molecular complexity index is 813. The van der Waals surface area contributed by atoms with Gasteiger partial charge in [0.05, 0.1) is 11.6 Å². The molecule has 0 fully saturated rings. The molecule has 0 bridgehead atoms. The molecule has 2 heterocycles. The molecule has 28 heavy (non-hydrogen) atoms. The van der Waals surface area contributed by atoms with E-state index < -0.39 is 5.82 Å². The van der Waals surface area contributed by atoms with Crippen LogP contribution in [0, 0.1) is 5.82 Å². The van der Waals surface area contributed by atoms with Crippen molar-refractivity contribution in [2.45, 2.75) is 45.4 Å². The molecule has 0 radical (unpaired) electrons. The third-order valence-electron chi connectivity index (χ3n) is 5.26.